The van der Waals surface area contributed by atoms with Crippen LogP contribution >= 0.6 is 15.9 Å². The summed E-state index contributed by atoms with van der Waals surface area (Å²) in [5.74, 6) is 0. The first-order valence-electron chi connectivity index (χ1n) is 5.22. The summed E-state index contributed by atoms with van der Waals surface area (Å²) in [7, 11) is 0. The Hall–Kier alpha value is -0.380. The van der Waals surface area contributed by atoms with E-state index in [4.69, 9.17) is 4.74 Å². The smallest absolute Gasteiger partial charge is 0.0554 e. The lowest BCUT2D eigenvalue weighted by Crippen LogP contribution is -2.47. The van der Waals surface area contributed by atoms with Crippen LogP contribution in [0.2, 0.25) is 0 Å². The number of rotatable bonds is 4. The monoisotopic (exact) mass is 269 g/mol. The van der Waals surface area contributed by atoms with E-state index in [-0.39, 0.29) is 0 Å². The van der Waals surface area contributed by atoms with E-state index in [2.05, 4.69) is 46.4 Å². The molecule has 0 bridgehead atoms. The van der Waals surface area contributed by atoms with Crippen molar-refractivity contribution in [2.24, 2.45) is 5.41 Å². The van der Waals surface area contributed by atoms with Crippen molar-refractivity contribution in [3.63, 3.8) is 0 Å². The predicted molar refractivity (Wildman–Crippen MR) is 64.8 cm³/mol. The summed E-state index contributed by atoms with van der Waals surface area (Å²) in [5, 5.41) is 3.47. The molecule has 15 heavy (non-hydrogen) atoms. The molecule has 0 saturated carbocycles. The Balaban J connectivity index is 1.81. The molecule has 1 N–H and O–H groups in total. The Labute approximate surface area is 99.1 Å². The molecule has 0 radical (unpaired) electrons. The van der Waals surface area contributed by atoms with Gasteiger partial charge in [-0.3, -0.25) is 0 Å². The van der Waals surface area contributed by atoms with E-state index in [0.29, 0.717) is 5.41 Å². The summed E-state index contributed by atoms with van der Waals surface area (Å²) in [6, 6.07) is 8.31. The molecular formula is C12H16BrNO. The standard InChI is InChI=1S/C12H16BrNO/c1-12(8-15-9-12)7-14-6-10-4-2-3-5-11(10)13/h2-5,14H,6-9H2,1H3. The van der Waals surface area contributed by atoms with Crippen LogP contribution in [-0.4, -0.2) is 19.8 Å². The Kier molecular flexibility index (Phi) is 3.44. The molecule has 1 aliphatic rings. The second kappa shape index (κ2) is 4.64. The summed E-state index contributed by atoms with van der Waals surface area (Å²) in [6.45, 7) is 5.96. The van der Waals surface area contributed by atoms with Crippen molar-refractivity contribution in [2.75, 3.05) is 19.8 Å². The van der Waals surface area contributed by atoms with Crippen LogP contribution in [0.15, 0.2) is 28.7 Å². The molecule has 0 atom stereocenters. The molecule has 1 aromatic rings. The van der Waals surface area contributed by atoms with Gasteiger partial charge >= 0.3 is 0 Å². The third-order valence-corrected chi connectivity index (χ3v) is 3.50. The first-order chi connectivity index (χ1) is 7.20. The zero-order valence-corrected chi connectivity index (χ0v) is 10.5. The molecule has 0 aliphatic carbocycles. The molecule has 3 heteroatoms. The molecule has 2 rings (SSSR count). The Bertz CT molecular complexity index is 336. The van der Waals surface area contributed by atoms with Gasteiger partial charge in [0, 0.05) is 23.0 Å². The minimum absolute atomic E-state index is 0.348. The lowest BCUT2D eigenvalue weighted by Gasteiger charge is -2.38. The number of halogens is 1. The highest BCUT2D eigenvalue weighted by molar-refractivity contribution is 9.10. The van der Waals surface area contributed by atoms with Gasteiger partial charge < -0.3 is 10.1 Å². The maximum Gasteiger partial charge on any atom is 0.0554 e. The van der Waals surface area contributed by atoms with Crippen molar-refractivity contribution in [3.05, 3.63) is 34.3 Å². The first-order valence-corrected chi connectivity index (χ1v) is 6.01. The van der Waals surface area contributed by atoms with Crippen LogP contribution in [0.4, 0.5) is 0 Å². The average molecular weight is 270 g/mol. The maximum atomic E-state index is 5.22. The van der Waals surface area contributed by atoms with E-state index < -0.39 is 0 Å². The maximum absolute atomic E-state index is 5.22. The van der Waals surface area contributed by atoms with Gasteiger partial charge in [0.25, 0.3) is 0 Å². The Morgan fingerprint density at radius 2 is 2.13 bits per heavy atom. The SMILES string of the molecule is CC1(CNCc2ccccc2Br)COC1. The van der Waals surface area contributed by atoms with Crippen LogP contribution in [0.1, 0.15) is 12.5 Å². The number of benzene rings is 1. The number of ether oxygens (including phenoxy) is 1. The zero-order valence-electron chi connectivity index (χ0n) is 8.92. The van der Waals surface area contributed by atoms with Gasteiger partial charge in [-0.1, -0.05) is 41.1 Å². The van der Waals surface area contributed by atoms with E-state index in [1.165, 1.54) is 10.0 Å². The summed E-state index contributed by atoms with van der Waals surface area (Å²) < 4.78 is 6.39. The van der Waals surface area contributed by atoms with Gasteiger partial charge in [0.15, 0.2) is 0 Å². The molecule has 0 amide bonds. The molecule has 1 saturated heterocycles. The molecule has 0 aromatic heterocycles. The highest BCUT2D eigenvalue weighted by atomic mass is 79.9. The summed E-state index contributed by atoms with van der Waals surface area (Å²) in [4.78, 5) is 0. The van der Waals surface area contributed by atoms with Crippen molar-refractivity contribution in [2.45, 2.75) is 13.5 Å². The minimum Gasteiger partial charge on any atom is -0.380 e. The van der Waals surface area contributed by atoms with E-state index in [1.54, 1.807) is 0 Å². The van der Waals surface area contributed by atoms with Crippen molar-refractivity contribution in [1.29, 1.82) is 0 Å². The van der Waals surface area contributed by atoms with Crippen molar-refractivity contribution in [3.8, 4) is 0 Å². The van der Waals surface area contributed by atoms with Crippen LogP contribution in [0.3, 0.4) is 0 Å². The fourth-order valence-electron chi connectivity index (χ4n) is 1.69. The van der Waals surface area contributed by atoms with Crippen molar-refractivity contribution in [1.82, 2.24) is 5.32 Å². The van der Waals surface area contributed by atoms with Gasteiger partial charge in [-0.05, 0) is 11.6 Å². The van der Waals surface area contributed by atoms with Crippen LogP contribution in [-0.2, 0) is 11.3 Å². The van der Waals surface area contributed by atoms with Gasteiger partial charge in [0.1, 0.15) is 0 Å². The topological polar surface area (TPSA) is 21.3 Å². The number of hydrogen-bond donors (Lipinski definition) is 1. The molecule has 1 aromatic carbocycles. The van der Waals surface area contributed by atoms with Gasteiger partial charge in [-0.25, -0.2) is 0 Å². The van der Waals surface area contributed by atoms with E-state index in [1.807, 2.05) is 6.07 Å². The first kappa shape index (κ1) is 11.1. The second-order valence-electron chi connectivity index (χ2n) is 4.50. The lowest BCUT2D eigenvalue weighted by molar-refractivity contribution is -0.0991. The van der Waals surface area contributed by atoms with Crippen LogP contribution in [0, 0.1) is 5.41 Å². The second-order valence-corrected chi connectivity index (χ2v) is 5.35. The number of hydrogen-bond acceptors (Lipinski definition) is 2. The van der Waals surface area contributed by atoms with Crippen molar-refractivity contribution < 1.29 is 4.74 Å². The summed E-state index contributed by atoms with van der Waals surface area (Å²) >= 11 is 3.54. The van der Waals surface area contributed by atoms with Crippen LogP contribution < -0.4 is 5.32 Å². The van der Waals surface area contributed by atoms with E-state index >= 15 is 0 Å². The fourth-order valence-corrected chi connectivity index (χ4v) is 2.12. The van der Waals surface area contributed by atoms with Gasteiger partial charge in [0.05, 0.1) is 13.2 Å². The quantitative estimate of drug-likeness (QED) is 0.908. The zero-order chi connectivity index (χ0) is 10.7. The predicted octanol–water partition coefficient (Wildman–Crippen LogP) is 2.58. The van der Waals surface area contributed by atoms with Crippen molar-refractivity contribution >= 4 is 15.9 Å². The Morgan fingerprint density at radius 1 is 1.40 bits per heavy atom. The largest absolute Gasteiger partial charge is 0.380 e. The van der Waals surface area contributed by atoms with E-state index in [9.17, 15) is 0 Å². The van der Waals surface area contributed by atoms with Crippen LogP contribution in [0.5, 0.6) is 0 Å². The molecule has 0 spiro atoms. The molecule has 1 fully saturated rings. The molecule has 82 valence electrons. The average Bonchev–Trinajstić information content (AvgIpc) is 2.18. The summed E-state index contributed by atoms with van der Waals surface area (Å²) in [5.41, 5.74) is 1.66. The molecule has 1 heterocycles. The van der Waals surface area contributed by atoms with E-state index in [0.717, 1.165) is 26.3 Å². The lowest BCUT2D eigenvalue weighted by atomic mass is 9.89. The minimum atomic E-state index is 0.348. The molecule has 0 unspecified atom stereocenters. The van der Waals surface area contributed by atoms with Gasteiger partial charge in [0.2, 0.25) is 0 Å². The summed E-state index contributed by atoms with van der Waals surface area (Å²) in [6.07, 6.45) is 0. The van der Waals surface area contributed by atoms with Crippen LogP contribution in [0.25, 0.3) is 0 Å². The highest BCUT2D eigenvalue weighted by Gasteiger charge is 2.32. The highest BCUT2D eigenvalue weighted by Crippen LogP contribution is 2.25. The molecule has 2 nitrogen and oxygen atoms in total. The normalized spacial score (nSPS) is 18.5. The van der Waals surface area contributed by atoms with Gasteiger partial charge in [-0.15, -0.1) is 0 Å². The Morgan fingerprint density at radius 3 is 2.73 bits per heavy atom. The third-order valence-electron chi connectivity index (χ3n) is 2.73. The third kappa shape index (κ3) is 2.80. The molecular weight excluding hydrogens is 254 g/mol. The van der Waals surface area contributed by atoms with Gasteiger partial charge in [-0.2, -0.15) is 0 Å². The number of nitrogens with one attached hydrogen (secondary N) is 1. The molecule has 1 aliphatic heterocycles. The fraction of sp³-hybridized carbons (Fsp3) is 0.500.